The third kappa shape index (κ3) is 6.91. The van der Waals surface area contributed by atoms with Gasteiger partial charge < -0.3 is 35.1 Å². The molecule has 0 aromatic heterocycles. The minimum Gasteiger partial charge on any atom is -0.504 e. The first-order valence-electron chi connectivity index (χ1n) is 10.0. The van der Waals surface area contributed by atoms with Crippen molar-refractivity contribution in [1.82, 2.24) is 10.6 Å². The van der Waals surface area contributed by atoms with Crippen molar-refractivity contribution in [2.24, 2.45) is 0 Å². The maximum atomic E-state index is 12.8. The van der Waals surface area contributed by atoms with Gasteiger partial charge >= 0.3 is 18.0 Å². The summed E-state index contributed by atoms with van der Waals surface area (Å²) in [5.74, 6) is -2.98. The topological polar surface area (TPSA) is 160 Å². The molecule has 0 aliphatic carbocycles. The Morgan fingerprint density at radius 3 is 2.55 bits per heavy atom. The van der Waals surface area contributed by atoms with Crippen molar-refractivity contribution in [2.45, 2.75) is 51.1 Å². The van der Waals surface area contributed by atoms with Crippen molar-refractivity contribution >= 4 is 35.7 Å². The summed E-state index contributed by atoms with van der Waals surface area (Å²) < 4.78 is 15.2. The Labute approximate surface area is 195 Å². The van der Waals surface area contributed by atoms with E-state index in [0.717, 1.165) is 0 Å². The summed E-state index contributed by atoms with van der Waals surface area (Å²) in [5.41, 5.74) is -0.365. The van der Waals surface area contributed by atoms with Crippen molar-refractivity contribution < 1.29 is 43.6 Å². The number of thioether (sulfide) groups is 1. The number of benzene rings is 1. The number of hydrogen-bond acceptors (Lipinski definition) is 10. The van der Waals surface area contributed by atoms with E-state index in [1.54, 1.807) is 20.8 Å². The number of hydrogen-bond donors (Lipinski definition) is 4. The Bertz CT molecular complexity index is 943. The maximum absolute atomic E-state index is 12.8. The Kier molecular flexibility index (Phi) is 8.42. The van der Waals surface area contributed by atoms with E-state index >= 15 is 0 Å². The second-order valence-corrected chi connectivity index (χ2v) is 9.33. The lowest BCUT2D eigenvalue weighted by Crippen LogP contribution is -2.55. The largest absolute Gasteiger partial charge is 0.504 e. The first-order chi connectivity index (χ1) is 15.3. The van der Waals surface area contributed by atoms with Gasteiger partial charge in [-0.1, -0.05) is 0 Å². The van der Waals surface area contributed by atoms with Crippen LogP contribution >= 0.6 is 11.8 Å². The van der Waals surface area contributed by atoms with Crippen LogP contribution in [0.2, 0.25) is 0 Å². The number of carbonyl (C=O) groups excluding carboxylic acids is 4. The molecular formula is C21H28N2O9S. The van der Waals surface area contributed by atoms with Gasteiger partial charge in [0.05, 0.1) is 12.7 Å². The Morgan fingerprint density at radius 1 is 1.27 bits per heavy atom. The van der Waals surface area contributed by atoms with Gasteiger partial charge in [0.25, 0.3) is 0 Å². The van der Waals surface area contributed by atoms with Gasteiger partial charge in [-0.05, 0) is 39.3 Å². The number of ether oxygens (including phenoxy) is 3. The van der Waals surface area contributed by atoms with Crippen LogP contribution in [0.3, 0.4) is 0 Å². The van der Waals surface area contributed by atoms with Crippen molar-refractivity contribution in [1.29, 1.82) is 0 Å². The molecule has 1 aromatic rings. The molecule has 2 atom stereocenters. The van der Waals surface area contributed by atoms with E-state index in [4.69, 9.17) is 14.2 Å². The number of alkyl carbamates (subject to hydrolysis) is 1. The second kappa shape index (κ2) is 10.6. The van der Waals surface area contributed by atoms with Crippen LogP contribution < -0.4 is 10.6 Å². The van der Waals surface area contributed by atoms with Crippen LogP contribution in [0.4, 0.5) is 4.79 Å². The molecule has 0 bridgehead atoms. The van der Waals surface area contributed by atoms with E-state index in [-0.39, 0.29) is 22.6 Å². The van der Waals surface area contributed by atoms with E-state index in [0.29, 0.717) is 5.56 Å². The Hall–Kier alpha value is -3.15. The van der Waals surface area contributed by atoms with Crippen LogP contribution in [0.5, 0.6) is 11.5 Å². The van der Waals surface area contributed by atoms with Crippen LogP contribution in [-0.4, -0.2) is 71.3 Å². The summed E-state index contributed by atoms with van der Waals surface area (Å²) in [4.78, 5) is 50.0. The van der Waals surface area contributed by atoms with Gasteiger partial charge in [-0.25, -0.2) is 14.4 Å². The summed E-state index contributed by atoms with van der Waals surface area (Å²) in [6.07, 6.45) is -0.922. The molecule has 33 heavy (non-hydrogen) atoms. The molecule has 1 aliphatic heterocycles. The molecule has 11 nitrogen and oxygen atoms in total. The molecule has 0 radical (unpaired) electrons. The maximum Gasteiger partial charge on any atom is 0.408 e. The second-order valence-electron chi connectivity index (χ2n) is 8.30. The molecule has 2 rings (SSSR count). The minimum absolute atomic E-state index is 0.0180. The molecular weight excluding hydrogens is 456 g/mol. The van der Waals surface area contributed by atoms with E-state index < -0.39 is 59.7 Å². The number of cyclic esters (lactones) is 1. The summed E-state index contributed by atoms with van der Waals surface area (Å²) in [6.45, 7) is 5.77. The van der Waals surface area contributed by atoms with E-state index in [2.05, 4.69) is 10.6 Å². The van der Waals surface area contributed by atoms with E-state index in [1.807, 2.05) is 0 Å². The van der Waals surface area contributed by atoms with Crippen LogP contribution in [-0.2, 0) is 29.6 Å². The SMILES string of the molecule is COC(=O)[C@@H]1CSCc2cc(O)c(O)c(C)c2C(=O)OC[C@H](NC(=O)OC(C)(C)C)C(=O)N1. The average Bonchev–Trinajstić information content (AvgIpc) is 2.71. The monoisotopic (exact) mass is 484 g/mol. The molecule has 0 spiro atoms. The predicted octanol–water partition coefficient (Wildman–Crippen LogP) is 1.36. The zero-order valence-electron chi connectivity index (χ0n) is 19.0. The highest BCUT2D eigenvalue weighted by Gasteiger charge is 2.32. The first kappa shape index (κ1) is 26.1. The molecule has 0 saturated heterocycles. The molecule has 0 fully saturated rings. The number of carbonyl (C=O) groups is 4. The lowest BCUT2D eigenvalue weighted by molar-refractivity contribution is -0.144. The normalized spacial score (nSPS) is 19.7. The molecule has 1 heterocycles. The predicted molar refractivity (Wildman–Crippen MR) is 118 cm³/mol. The molecule has 1 aliphatic rings. The number of nitrogens with one attached hydrogen (secondary N) is 2. The highest BCUT2D eigenvalue weighted by atomic mass is 32.2. The zero-order valence-corrected chi connectivity index (χ0v) is 19.8. The van der Waals surface area contributed by atoms with Gasteiger partial charge in [0, 0.05) is 17.1 Å². The fraction of sp³-hybridized carbons (Fsp3) is 0.524. The fourth-order valence-corrected chi connectivity index (χ4v) is 4.01. The highest BCUT2D eigenvalue weighted by molar-refractivity contribution is 7.98. The minimum atomic E-state index is -1.38. The molecule has 1 aromatic carbocycles. The van der Waals surface area contributed by atoms with Crippen molar-refractivity contribution in [3.8, 4) is 11.5 Å². The summed E-state index contributed by atoms with van der Waals surface area (Å²) in [5, 5.41) is 24.9. The van der Waals surface area contributed by atoms with Crippen LogP contribution in [0, 0.1) is 6.92 Å². The van der Waals surface area contributed by atoms with Crippen molar-refractivity contribution in [3.63, 3.8) is 0 Å². The number of methoxy groups -OCH3 is 1. The van der Waals surface area contributed by atoms with E-state index in [9.17, 15) is 29.4 Å². The van der Waals surface area contributed by atoms with Crippen molar-refractivity contribution in [3.05, 3.63) is 22.8 Å². The Morgan fingerprint density at radius 2 is 1.94 bits per heavy atom. The zero-order chi connectivity index (χ0) is 24.9. The standard InChI is InChI=1S/C21H28N2O9S/c1-10-15-11(6-14(24)16(10)25)8-33-9-13(18(27)30-5)22-17(26)12(7-31-19(15)28)23-20(29)32-21(2,3)4/h6,12-13,24-25H,7-9H2,1-5H3,(H,22,26)(H,23,29)/t12-,13-/m0/s1. The molecule has 0 saturated carbocycles. The number of phenolic OH excluding ortho intramolecular Hbond substituents is 2. The smallest absolute Gasteiger partial charge is 0.408 e. The summed E-state index contributed by atoms with van der Waals surface area (Å²) in [6, 6.07) is -1.20. The summed E-state index contributed by atoms with van der Waals surface area (Å²) >= 11 is 1.18. The lowest BCUT2D eigenvalue weighted by Gasteiger charge is -2.25. The number of rotatable bonds is 2. The molecule has 12 heteroatoms. The van der Waals surface area contributed by atoms with Gasteiger partial charge in [-0.2, -0.15) is 11.8 Å². The third-order valence-corrected chi connectivity index (χ3v) is 5.63. The average molecular weight is 485 g/mol. The van der Waals surface area contributed by atoms with Gasteiger partial charge in [0.2, 0.25) is 5.91 Å². The number of esters is 2. The van der Waals surface area contributed by atoms with Crippen molar-refractivity contribution in [2.75, 3.05) is 19.5 Å². The number of aromatic hydroxyl groups is 2. The lowest BCUT2D eigenvalue weighted by atomic mass is 10.0. The quantitative estimate of drug-likeness (QED) is 0.274. The number of phenols is 2. The van der Waals surface area contributed by atoms with E-state index in [1.165, 1.54) is 31.9 Å². The fourth-order valence-electron chi connectivity index (χ4n) is 2.99. The van der Waals surface area contributed by atoms with Crippen LogP contribution in [0.25, 0.3) is 0 Å². The number of fused-ring (bicyclic) bond motifs is 1. The molecule has 0 unspecified atom stereocenters. The highest BCUT2D eigenvalue weighted by Crippen LogP contribution is 2.35. The van der Waals surface area contributed by atoms with Gasteiger partial charge in [0.15, 0.2) is 11.5 Å². The molecule has 4 N–H and O–H groups in total. The van der Waals surface area contributed by atoms with Crippen LogP contribution in [0.15, 0.2) is 6.07 Å². The van der Waals surface area contributed by atoms with Gasteiger partial charge in [-0.3, -0.25) is 4.79 Å². The van der Waals surface area contributed by atoms with Crippen LogP contribution in [0.1, 0.15) is 42.3 Å². The third-order valence-electron chi connectivity index (χ3n) is 4.54. The van der Waals surface area contributed by atoms with Gasteiger partial charge in [-0.15, -0.1) is 0 Å². The molecule has 182 valence electrons. The Balaban J connectivity index is 2.41. The first-order valence-corrected chi connectivity index (χ1v) is 11.2. The molecule has 2 amide bonds. The van der Waals surface area contributed by atoms with Gasteiger partial charge in [0.1, 0.15) is 24.3 Å². The summed E-state index contributed by atoms with van der Waals surface area (Å²) in [7, 11) is 1.17. The number of amides is 2.